The summed E-state index contributed by atoms with van der Waals surface area (Å²) in [7, 11) is 1.71. The molecule has 1 saturated heterocycles. The lowest BCUT2D eigenvalue weighted by molar-refractivity contribution is 0.0634. The summed E-state index contributed by atoms with van der Waals surface area (Å²) in [6.07, 6.45) is 4.01. The van der Waals surface area contributed by atoms with E-state index in [1.54, 1.807) is 7.11 Å². The maximum absolute atomic E-state index is 14.1. The van der Waals surface area contributed by atoms with Crippen molar-refractivity contribution in [2.45, 2.75) is 26.2 Å². The molecule has 1 aromatic heterocycles. The number of halogens is 1. The number of piperidine rings is 1. The fraction of sp³-hybridized carbons (Fsp3) is 0.714. The number of hydrogen-bond acceptors (Lipinski definition) is 5. The van der Waals surface area contributed by atoms with Crippen LogP contribution in [0.3, 0.4) is 0 Å². The normalized spacial score (nSPS) is 17.9. The molecule has 1 aliphatic rings. The molecule has 0 aliphatic carbocycles. The van der Waals surface area contributed by atoms with Crippen molar-refractivity contribution in [3.05, 3.63) is 17.8 Å². The van der Waals surface area contributed by atoms with E-state index in [1.165, 1.54) is 6.33 Å². The predicted octanol–water partition coefficient (Wildman–Crippen LogP) is 1.61. The Labute approximate surface area is 119 Å². The molecule has 112 valence electrons. The molecule has 0 spiro atoms. The van der Waals surface area contributed by atoms with Crippen LogP contribution in [0.2, 0.25) is 0 Å². The van der Waals surface area contributed by atoms with Gasteiger partial charge in [-0.15, -0.1) is 0 Å². The van der Waals surface area contributed by atoms with E-state index in [9.17, 15) is 4.39 Å². The first-order valence-corrected chi connectivity index (χ1v) is 7.14. The van der Waals surface area contributed by atoms with Gasteiger partial charge in [-0.2, -0.15) is 0 Å². The maximum Gasteiger partial charge on any atom is 0.186 e. The topological polar surface area (TPSA) is 59.1 Å². The van der Waals surface area contributed by atoms with Gasteiger partial charge >= 0.3 is 0 Å². The Morgan fingerprint density at radius 2 is 2.15 bits per heavy atom. The van der Waals surface area contributed by atoms with Crippen LogP contribution in [0.4, 0.5) is 10.2 Å². The van der Waals surface area contributed by atoms with Gasteiger partial charge < -0.3 is 15.4 Å². The lowest BCUT2D eigenvalue weighted by Gasteiger charge is -2.37. The highest BCUT2D eigenvalue weighted by atomic mass is 19.1. The average Bonchev–Trinajstić information content (AvgIpc) is 2.47. The van der Waals surface area contributed by atoms with E-state index in [2.05, 4.69) is 20.6 Å². The number of ether oxygens (including phenoxy) is 1. The second kappa shape index (κ2) is 6.95. The monoisotopic (exact) mass is 282 g/mol. The Kier molecular flexibility index (Phi) is 5.25. The largest absolute Gasteiger partial charge is 0.384 e. The zero-order chi connectivity index (χ0) is 14.4. The van der Waals surface area contributed by atoms with Gasteiger partial charge in [-0.05, 0) is 32.4 Å². The highest BCUT2D eigenvalue weighted by molar-refractivity contribution is 5.37. The van der Waals surface area contributed by atoms with E-state index in [-0.39, 0.29) is 11.2 Å². The molecular weight excluding hydrogens is 259 g/mol. The number of aryl methyl sites for hydroxylation is 1. The minimum Gasteiger partial charge on any atom is -0.384 e. The van der Waals surface area contributed by atoms with Crippen molar-refractivity contribution in [3.8, 4) is 0 Å². The molecule has 2 N–H and O–H groups in total. The summed E-state index contributed by atoms with van der Waals surface area (Å²) in [4.78, 5) is 7.95. The number of anilines is 1. The molecule has 0 unspecified atom stereocenters. The summed E-state index contributed by atoms with van der Waals surface area (Å²) < 4.78 is 19.5. The molecule has 1 aliphatic heterocycles. The third-order valence-electron chi connectivity index (χ3n) is 3.94. The molecule has 2 rings (SSSR count). The van der Waals surface area contributed by atoms with E-state index in [0.717, 1.165) is 25.9 Å². The van der Waals surface area contributed by atoms with Crippen molar-refractivity contribution in [1.82, 2.24) is 15.3 Å². The molecule has 0 bridgehead atoms. The van der Waals surface area contributed by atoms with Crippen LogP contribution in [0.5, 0.6) is 0 Å². The van der Waals surface area contributed by atoms with Crippen LogP contribution in [0, 0.1) is 11.2 Å². The third kappa shape index (κ3) is 3.43. The van der Waals surface area contributed by atoms with Gasteiger partial charge in [0.2, 0.25) is 0 Å². The molecular formula is C14H23FN4O. The molecule has 0 atom stereocenters. The fourth-order valence-electron chi connectivity index (χ4n) is 2.68. The van der Waals surface area contributed by atoms with Crippen LogP contribution in [0.25, 0.3) is 0 Å². The smallest absolute Gasteiger partial charge is 0.186 e. The molecule has 0 saturated carbocycles. The van der Waals surface area contributed by atoms with Crippen molar-refractivity contribution >= 4 is 5.82 Å². The van der Waals surface area contributed by atoms with Crippen molar-refractivity contribution < 1.29 is 9.13 Å². The van der Waals surface area contributed by atoms with Gasteiger partial charge in [0.1, 0.15) is 6.33 Å². The molecule has 20 heavy (non-hydrogen) atoms. The highest BCUT2D eigenvalue weighted by Crippen LogP contribution is 2.29. The second-order valence-corrected chi connectivity index (χ2v) is 5.37. The average molecular weight is 282 g/mol. The van der Waals surface area contributed by atoms with Crippen LogP contribution in [0.1, 0.15) is 25.5 Å². The summed E-state index contributed by atoms with van der Waals surface area (Å²) in [5, 5.41) is 6.49. The molecule has 0 amide bonds. The SMILES string of the molecule is CCc1ncnc(NCC2(COC)CCNCC2)c1F. The van der Waals surface area contributed by atoms with Gasteiger partial charge in [-0.1, -0.05) is 6.92 Å². The predicted molar refractivity (Wildman–Crippen MR) is 76.3 cm³/mol. The Morgan fingerprint density at radius 3 is 2.80 bits per heavy atom. The number of nitrogens with one attached hydrogen (secondary N) is 2. The number of methoxy groups -OCH3 is 1. The van der Waals surface area contributed by atoms with Gasteiger partial charge in [0.25, 0.3) is 0 Å². The van der Waals surface area contributed by atoms with Gasteiger partial charge in [0, 0.05) is 19.1 Å². The number of hydrogen-bond donors (Lipinski definition) is 2. The lowest BCUT2D eigenvalue weighted by Crippen LogP contribution is -2.44. The van der Waals surface area contributed by atoms with Gasteiger partial charge in [-0.3, -0.25) is 0 Å². The van der Waals surface area contributed by atoms with E-state index in [1.807, 2.05) is 6.92 Å². The first-order valence-electron chi connectivity index (χ1n) is 7.14. The van der Waals surface area contributed by atoms with Gasteiger partial charge in [-0.25, -0.2) is 14.4 Å². The van der Waals surface area contributed by atoms with E-state index < -0.39 is 0 Å². The number of rotatable bonds is 6. The van der Waals surface area contributed by atoms with Crippen LogP contribution < -0.4 is 10.6 Å². The summed E-state index contributed by atoms with van der Waals surface area (Å²) in [6, 6.07) is 0. The van der Waals surface area contributed by atoms with Crippen LogP contribution in [-0.4, -0.2) is 43.3 Å². The molecule has 1 aromatic rings. The second-order valence-electron chi connectivity index (χ2n) is 5.37. The Morgan fingerprint density at radius 1 is 1.40 bits per heavy atom. The van der Waals surface area contributed by atoms with Crippen molar-refractivity contribution in [2.75, 3.05) is 38.7 Å². The standard InChI is InChI=1S/C14H23FN4O/c1-3-11-12(15)13(19-10-18-11)17-8-14(9-20-2)4-6-16-7-5-14/h10,16H,3-9H2,1-2H3,(H,17,18,19). The van der Waals surface area contributed by atoms with E-state index in [0.29, 0.717) is 31.1 Å². The van der Waals surface area contributed by atoms with Crippen LogP contribution in [-0.2, 0) is 11.2 Å². The Hall–Kier alpha value is -1.27. The molecule has 2 heterocycles. The first kappa shape index (κ1) is 15.1. The zero-order valence-corrected chi connectivity index (χ0v) is 12.2. The first-order chi connectivity index (χ1) is 9.71. The van der Waals surface area contributed by atoms with E-state index >= 15 is 0 Å². The Balaban J connectivity index is 2.05. The Bertz CT molecular complexity index is 430. The fourth-order valence-corrected chi connectivity index (χ4v) is 2.68. The minimum atomic E-state index is -0.337. The van der Waals surface area contributed by atoms with E-state index in [4.69, 9.17) is 4.74 Å². The quantitative estimate of drug-likeness (QED) is 0.830. The summed E-state index contributed by atoms with van der Waals surface area (Å²) in [5.74, 6) is -0.0395. The number of nitrogens with zero attached hydrogens (tertiary/aromatic N) is 2. The molecule has 1 fully saturated rings. The van der Waals surface area contributed by atoms with Gasteiger partial charge in [0.05, 0.1) is 12.3 Å². The minimum absolute atomic E-state index is 0.0454. The zero-order valence-electron chi connectivity index (χ0n) is 12.2. The van der Waals surface area contributed by atoms with Crippen molar-refractivity contribution in [3.63, 3.8) is 0 Å². The van der Waals surface area contributed by atoms with Crippen molar-refractivity contribution in [2.24, 2.45) is 5.41 Å². The molecule has 0 aromatic carbocycles. The van der Waals surface area contributed by atoms with Crippen LogP contribution >= 0.6 is 0 Å². The third-order valence-corrected chi connectivity index (χ3v) is 3.94. The summed E-state index contributed by atoms with van der Waals surface area (Å²) in [6.45, 7) is 5.16. The maximum atomic E-state index is 14.1. The molecule has 0 radical (unpaired) electrons. The summed E-state index contributed by atoms with van der Waals surface area (Å²) in [5.41, 5.74) is 0.498. The van der Waals surface area contributed by atoms with Crippen molar-refractivity contribution in [1.29, 1.82) is 0 Å². The molecule has 5 nitrogen and oxygen atoms in total. The summed E-state index contributed by atoms with van der Waals surface area (Å²) >= 11 is 0. The number of aromatic nitrogens is 2. The van der Waals surface area contributed by atoms with Crippen LogP contribution in [0.15, 0.2) is 6.33 Å². The molecule has 6 heteroatoms. The lowest BCUT2D eigenvalue weighted by atomic mass is 9.79. The highest BCUT2D eigenvalue weighted by Gasteiger charge is 2.32. The van der Waals surface area contributed by atoms with Gasteiger partial charge in [0.15, 0.2) is 11.6 Å².